The summed E-state index contributed by atoms with van der Waals surface area (Å²) in [7, 11) is 1.81. The van der Waals surface area contributed by atoms with Gasteiger partial charge in [-0.05, 0) is 48.6 Å². The maximum atomic E-state index is 14.6. The van der Waals surface area contributed by atoms with Gasteiger partial charge in [0.2, 0.25) is 0 Å². The summed E-state index contributed by atoms with van der Waals surface area (Å²) in [5.74, 6) is -0.879. The second-order valence-corrected chi connectivity index (χ2v) is 9.57. The summed E-state index contributed by atoms with van der Waals surface area (Å²) < 4.78 is 16.3. The number of aryl methyl sites for hydroxylation is 2. The van der Waals surface area contributed by atoms with Crippen molar-refractivity contribution in [3.8, 4) is 0 Å². The Morgan fingerprint density at radius 1 is 1.26 bits per heavy atom. The van der Waals surface area contributed by atoms with Crippen LogP contribution in [0.25, 0.3) is 0 Å². The minimum absolute atomic E-state index is 0.0378. The normalized spacial score (nSPS) is 15.9. The maximum absolute atomic E-state index is 14.6. The zero-order chi connectivity index (χ0) is 25.3. The molecule has 0 spiro atoms. The summed E-state index contributed by atoms with van der Waals surface area (Å²) in [6.45, 7) is 8.07. The lowest BCUT2D eigenvalue weighted by atomic mass is 9.88. The van der Waals surface area contributed by atoms with Gasteiger partial charge >= 0.3 is 0 Å². The molecule has 0 aliphatic heterocycles. The predicted octanol–water partition coefficient (Wildman–Crippen LogP) is 3.90. The number of carbonyl (C=O) groups is 1. The number of allylic oxidation sites excluding steroid dienone is 3. The minimum Gasteiger partial charge on any atom is -0.334 e. The van der Waals surface area contributed by atoms with Crippen molar-refractivity contribution in [1.29, 1.82) is 0 Å². The Balaban J connectivity index is 1.54. The number of hydrogen-bond acceptors (Lipinski definition) is 6. The fourth-order valence-electron chi connectivity index (χ4n) is 3.62. The zero-order valence-corrected chi connectivity index (χ0v) is 20.3. The second-order valence-electron chi connectivity index (χ2n) is 9.57. The number of aromatic amines is 1. The number of pyridine rings is 1. The van der Waals surface area contributed by atoms with Crippen LogP contribution in [0.4, 0.5) is 15.9 Å². The third-order valence-corrected chi connectivity index (χ3v) is 5.87. The van der Waals surface area contributed by atoms with E-state index in [-0.39, 0.29) is 28.4 Å². The van der Waals surface area contributed by atoms with Crippen LogP contribution in [0.15, 0.2) is 58.9 Å². The first-order chi connectivity index (χ1) is 16.5. The Morgan fingerprint density at radius 3 is 2.66 bits per heavy atom. The van der Waals surface area contributed by atoms with Gasteiger partial charge in [-0.3, -0.25) is 19.3 Å². The summed E-state index contributed by atoms with van der Waals surface area (Å²) in [6.07, 6.45) is 4.95. The Labute approximate surface area is 202 Å². The molecule has 3 heterocycles. The minimum atomic E-state index is -0.535. The summed E-state index contributed by atoms with van der Waals surface area (Å²) >= 11 is 0. The standard InChI is InChI=1S/C25H28FN7O2/c1-14-10-22(32-33(14)5)28-21-12-19(30-31-24(21)35)15-6-8-17(26)20(11-15)29-23(34)18-9-7-16(13-27-18)25(2,3)4/h7-13,15H,6H2,1-5H3,(H,29,34)(H,31,35)(H,28,30,32). The third-order valence-electron chi connectivity index (χ3n) is 5.87. The van der Waals surface area contributed by atoms with Crippen molar-refractivity contribution in [2.24, 2.45) is 7.05 Å². The molecule has 1 aliphatic rings. The molecule has 0 bridgehead atoms. The molecular weight excluding hydrogens is 449 g/mol. The Morgan fingerprint density at radius 2 is 2.03 bits per heavy atom. The number of rotatable bonds is 5. The van der Waals surface area contributed by atoms with E-state index in [0.29, 0.717) is 17.9 Å². The molecule has 1 atom stereocenters. The summed E-state index contributed by atoms with van der Waals surface area (Å²) in [5, 5.41) is 16.5. The number of carbonyl (C=O) groups excluding carboxylic acids is 1. The van der Waals surface area contributed by atoms with E-state index in [0.717, 1.165) is 11.3 Å². The largest absolute Gasteiger partial charge is 0.334 e. The molecular formula is C25H28FN7O2. The van der Waals surface area contributed by atoms with Crippen molar-refractivity contribution < 1.29 is 9.18 Å². The van der Waals surface area contributed by atoms with Gasteiger partial charge in [-0.1, -0.05) is 26.8 Å². The highest BCUT2D eigenvalue weighted by Crippen LogP contribution is 2.30. The van der Waals surface area contributed by atoms with Gasteiger partial charge in [0.05, 0.1) is 11.4 Å². The number of amides is 1. The first-order valence-corrected chi connectivity index (χ1v) is 11.2. The average molecular weight is 478 g/mol. The molecule has 10 heteroatoms. The van der Waals surface area contributed by atoms with Gasteiger partial charge < -0.3 is 10.6 Å². The highest BCUT2D eigenvalue weighted by Gasteiger charge is 2.22. The van der Waals surface area contributed by atoms with E-state index < -0.39 is 17.3 Å². The molecule has 182 valence electrons. The van der Waals surface area contributed by atoms with Gasteiger partial charge in [0.25, 0.3) is 11.5 Å². The molecule has 1 amide bonds. The number of nitrogens with one attached hydrogen (secondary N) is 3. The third kappa shape index (κ3) is 5.37. The van der Waals surface area contributed by atoms with Crippen LogP contribution in [0.3, 0.4) is 0 Å². The van der Waals surface area contributed by atoms with Crippen molar-refractivity contribution >= 4 is 17.4 Å². The number of halogens is 1. The van der Waals surface area contributed by atoms with Crippen molar-refractivity contribution in [2.45, 2.75) is 45.4 Å². The van der Waals surface area contributed by atoms with E-state index in [1.807, 2.05) is 19.1 Å². The maximum Gasteiger partial charge on any atom is 0.287 e. The van der Waals surface area contributed by atoms with Crippen LogP contribution >= 0.6 is 0 Å². The summed E-state index contributed by atoms with van der Waals surface area (Å²) in [5.41, 5.74) is 2.43. The number of anilines is 2. The van der Waals surface area contributed by atoms with Crippen LogP contribution in [0.2, 0.25) is 0 Å². The van der Waals surface area contributed by atoms with E-state index in [4.69, 9.17) is 0 Å². The SMILES string of the molecule is Cc1cc(Nc2cc(C3C=C(NC(=O)c4ccc(C(C)(C)C)cn4)C(F)=CC3)n[nH]c2=O)nn1C. The highest BCUT2D eigenvalue weighted by molar-refractivity contribution is 5.93. The molecule has 35 heavy (non-hydrogen) atoms. The predicted molar refractivity (Wildman–Crippen MR) is 131 cm³/mol. The van der Waals surface area contributed by atoms with Gasteiger partial charge in [0.15, 0.2) is 5.82 Å². The molecule has 0 aromatic carbocycles. The molecule has 1 aliphatic carbocycles. The zero-order valence-electron chi connectivity index (χ0n) is 20.3. The lowest BCUT2D eigenvalue weighted by Crippen LogP contribution is -2.26. The van der Waals surface area contributed by atoms with Gasteiger partial charge in [0, 0.05) is 30.9 Å². The smallest absolute Gasteiger partial charge is 0.287 e. The number of aromatic nitrogens is 5. The van der Waals surface area contributed by atoms with Crippen LogP contribution in [0, 0.1) is 6.92 Å². The molecule has 0 radical (unpaired) electrons. The van der Waals surface area contributed by atoms with Crippen LogP contribution in [-0.2, 0) is 12.5 Å². The molecule has 0 fully saturated rings. The fraction of sp³-hybridized carbons (Fsp3) is 0.320. The van der Waals surface area contributed by atoms with Gasteiger partial charge in [-0.25, -0.2) is 9.49 Å². The molecule has 1 unspecified atom stereocenters. The van der Waals surface area contributed by atoms with Crippen LogP contribution in [0.1, 0.15) is 60.5 Å². The van der Waals surface area contributed by atoms with Crippen molar-refractivity contribution in [1.82, 2.24) is 30.3 Å². The van der Waals surface area contributed by atoms with E-state index in [9.17, 15) is 14.0 Å². The van der Waals surface area contributed by atoms with Crippen LogP contribution < -0.4 is 16.2 Å². The quantitative estimate of drug-likeness (QED) is 0.513. The molecule has 4 rings (SSSR count). The van der Waals surface area contributed by atoms with Gasteiger partial charge in [-0.15, -0.1) is 0 Å². The molecule has 0 saturated heterocycles. The monoisotopic (exact) mass is 477 g/mol. The Hall–Kier alpha value is -4.08. The van der Waals surface area contributed by atoms with Crippen molar-refractivity contribution in [3.63, 3.8) is 0 Å². The van der Waals surface area contributed by atoms with E-state index >= 15 is 0 Å². The van der Waals surface area contributed by atoms with Gasteiger partial charge in [0.1, 0.15) is 17.2 Å². The van der Waals surface area contributed by atoms with Crippen molar-refractivity contribution in [3.05, 3.63) is 87.1 Å². The lowest BCUT2D eigenvalue weighted by Gasteiger charge is -2.19. The summed E-state index contributed by atoms with van der Waals surface area (Å²) in [6, 6.07) is 6.88. The number of hydrogen-bond donors (Lipinski definition) is 3. The Kier molecular flexibility index (Phi) is 6.38. The van der Waals surface area contributed by atoms with Crippen LogP contribution in [0.5, 0.6) is 0 Å². The second kappa shape index (κ2) is 9.28. The van der Waals surface area contributed by atoms with E-state index in [2.05, 4.69) is 51.7 Å². The molecule has 3 N–H and O–H groups in total. The van der Waals surface area contributed by atoms with E-state index in [1.165, 1.54) is 6.08 Å². The van der Waals surface area contributed by atoms with Gasteiger partial charge in [-0.2, -0.15) is 10.2 Å². The first-order valence-electron chi connectivity index (χ1n) is 11.2. The Bertz CT molecular complexity index is 1360. The first kappa shape index (κ1) is 24.1. The molecule has 0 saturated carbocycles. The number of nitrogens with zero attached hydrogens (tertiary/aromatic N) is 4. The molecule has 3 aromatic rings. The topological polar surface area (TPSA) is 118 Å². The highest BCUT2D eigenvalue weighted by atomic mass is 19.1. The van der Waals surface area contributed by atoms with Crippen LogP contribution in [-0.4, -0.2) is 30.9 Å². The molecule has 9 nitrogen and oxygen atoms in total. The van der Waals surface area contributed by atoms with Crippen molar-refractivity contribution in [2.75, 3.05) is 5.32 Å². The number of H-pyrrole nitrogens is 1. The summed E-state index contributed by atoms with van der Waals surface area (Å²) in [4.78, 5) is 29.2. The molecule has 3 aromatic heterocycles. The lowest BCUT2D eigenvalue weighted by molar-refractivity contribution is 0.0960. The average Bonchev–Trinajstić information content (AvgIpc) is 3.13. The van der Waals surface area contributed by atoms with E-state index in [1.54, 1.807) is 36.1 Å². The fourth-order valence-corrected chi connectivity index (χ4v) is 3.62.